The summed E-state index contributed by atoms with van der Waals surface area (Å²) in [5.74, 6) is -2.85. The summed E-state index contributed by atoms with van der Waals surface area (Å²) in [5.41, 5.74) is 5.03. The summed E-state index contributed by atoms with van der Waals surface area (Å²) in [6.07, 6.45) is -4.23. The highest BCUT2D eigenvalue weighted by atomic mass is 19.4. The van der Waals surface area contributed by atoms with Crippen LogP contribution in [0.1, 0.15) is 20.3 Å². The maximum Gasteiger partial charge on any atom is 0.400 e. The fraction of sp³-hybridized carbons (Fsp3) is 0.900. The van der Waals surface area contributed by atoms with Crippen LogP contribution in [0.2, 0.25) is 0 Å². The Hall–Kier alpha value is -1.02. The van der Waals surface area contributed by atoms with Gasteiger partial charge in [-0.25, -0.2) is 0 Å². The number of nitrogens with zero attached hydrogens (tertiary/aromatic N) is 1. The molecule has 5 N–H and O–H groups in total. The Balaban J connectivity index is 4.60. The van der Waals surface area contributed by atoms with Crippen LogP contribution in [0.15, 0.2) is 5.16 Å². The Morgan fingerprint density at radius 3 is 2.28 bits per heavy atom. The largest absolute Gasteiger partial charge is 0.409 e. The molecule has 0 aliphatic heterocycles. The number of hydrogen-bond donors (Lipinski definition) is 4. The molecule has 108 valence electrons. The van der Waals surface area contributed by atoms with Gasteiger partial charge in [0.05, 0.1) is 0 Å². The van der Waals surface area contributed by atoms with Gasteiger partial charge in [-0.3, -0.25) is 0 Å². The number of aliphatic hydroxyl groups excluding tert-OH is 1. The Labute approximate surface area is 104 Å². The van der Waals surface area contributed by atoms with Crippen molar-refractivity contribution in [3.8, 4) is 0 Å². The molecule has 0 bridgehead atoms. The summed E-state index contributed by atoms with van der Waals surface area (Å²) < 4.78 is 37.9. The lowest BCUT2D eigenvalue weighted by Crippen LogP contribution is -2.46. The summed E-state index contributed by atoms with van der Waals surface area (Å²) in [7, 11) is 0. The second-order valence-electron chi connectivity index (χ2n) is 4.39. The molecule has 0 radical (unpaired) electrons. The van der Waals surface area contributed by atoms with Crippen LogP contribution in [0.25, 0.3) is 0 Å². The van der Waals surface area contributed by atoms with Crippen molar-refractivity contribution in [2.24, 2.45) is 22.7 Å². The normalized spacial score (nSPS) is 16.9. The standard InChI is InChI=1S/C10H20F3N3O2/c1-6(2)8(3-4-17)15-5-7(9(14)16-18)10(11,12)13/h6-8,15,17-18H,3-5H2,1-2H3,(H2,14,16). The zero-order valence-electron chi connectivity index (χ0n) is 10.4. The number of alkyl halides is 3. The molecule has 0 amide bonds. The zero-order chi connectivity index (χ0) is 14.3. The van der Waals surface area contributed by atoms with Gasteiger partial charge in [0.25, 0.3) is 0 Å². The van der Waals surface area contributed by atoms with Gasteiger partial charge in [0, 0.05) is 19.2 Å². The first-order valence-electron chi connectivity index (χ1n) is 5.62. The molecule has 18 heavy (non-hydrogen) atoms. The van der Waals surface area contributed by atoms with Gasteiger partial charge in [-0.1, -0.05) is 19.0 Å². The fourth-order valence-electron chi connectivity index (χ4n) is 1.54. The molecule has 0 rings (SSSR count). The van der Waals surface area contributed by atoms with Crippen LogP contribution < -0.4 is 11.1 Å². The Kier molecular flexibility index (Phi) is 7.00. The van der Waals surface area contributed by atoms with Crippen molar-refractivity contribution in [1.29, 1.82) is 0 Å². The average molecular weight is 271 g/mol. The molecule has 5 nitrogen and oxygen atoms in total. The van der Waals surface area contributed by atoms with E-state index in [9.17, 15) is 13.2 Å². The minimum absolute atomic E-state index is 0.0679. The van der Waals surface area contributed by atoms with E-state index in [0.717, 1.165) is 0 Å². The maximum atomic E-state index is 12.6. The highest BCUT2D eigenvalue weighted by Gasteiger charge is 2.42. The zero-order valence-corrected chi connectivity index (χ0v) is 10.4. The van der Waals surface area contributed by atoms with E-state index in [2.05, 4.69) is 10.5 Å². The van der Waals surface area contributed by atoms with Gasteiger partial charge in [-0.15, -0.1) is 0 Å². The fourth-order valence-corrected chi connectivity index (χ4v) is 1.54. The molecule has 2 atom stereocenters. The lowest BCUT2D eigenvalue weighted by molar-refractivity contribution is -0.155. The molecular formula is C10H20F3N3O2. The van der Waals surface area contributed by atoms with Crippen LogP contribution in [0.3, 0.4) is 0 Å². The number of amidine groups is 1. The van der Waals surface area contributed by atoms with Gasteiger partial charge in [0.15, 0.2) is 5.84 Å². The van der Waals surface area contributed by atoms with Crippen molar-refractivity contribution in [2.75, 3.05) is 13.2 Å². The number of hydrogen-bond acceptors (Lipinski definition) is 4. The molecule has 0 aliphatic carbocycles. The third-order valence-corrected chi connectivity index (χ3v) is 2.70. The van der Waals surface area contributed by atoms with E-state index in [1.165, 1.54) is 0 Å². The second-order valence-corrected chi connectivity index (χ2v) is 4.39. The van der Waals surface area contributed by atoms with E-state index in [-0.39, 0.29) is 18.6 Å². The minimum Gasteiger partial charge on any atom is -0.409 e. The second kappa shape index (κ2) is 7.42. The van der Waals surface area contributed by atoms with Crippen LogP contribution >= 0.6 is 0 Å². The predicted molar refractivity (Wildman–Crippen MR) is 61.3 cm³/mol. The molecule has 0 aromatic rings. The molecule has 2 unspecified atom stereocenters. The number of oxime groups is 1. The molecule has 0 fully saturated rings. The SMILES string of the molecule is CC(C)C(CCO)NCC(C(N)=NO)C(F)(F)F. The van der Waals surface area contributed by atoms with Crippen molar-refractivity contribution in [3.63, 3.8) is 0 Å². The van der Waals surface area contributed by atoms with E-state index in [0.29, 0.717) is 6.42 Å². The summed E-state index contributed by atoms with van der Waals surface area (Å²) in [4.78, 5) is 0. The molecule has 0 heterocycles. The number of halogens is 3. The number of aliphatic hydroxyl groups is 1. The van der Waals surface area contributed by atoms with Crippen molar-refractivity contribution in [1.82, 2.24) is 5.32 Å². The van der Waals surface area contributed by atoms with Gasteiger partial charge in [0.1, 0.15) is 5.92 Å². The van der Waals surface area contributed by atoms with Crippen molar-refractivity contribution in [3.05, 3.63) is 0 Å². The van der Waals surface area contributed by atoms with E-state index in [4.69, 9.17) is 16.0 Å². The highest BCUT2D eigenvalue weighted by Crippen LogP contribution is 2.26. The Morgan fingerprint density at radius 1 is 1.39 bits per heavy atom. The molecule has 0 aromatic carbocycles. The Morgan fingerprint density at radius 2 is 1.94 bits per heavy atom. The smallest absolute Gasteiger partial charge is 0.400 e. The first-order chi connectivity index (χ1) is 8.23. The number of nitrogens with one attached hydrogen (secondary N) is 1. The molecule has 0 saturated heterocycles. The predicted octanol–water partition coefficient (Wildman–Crippen LogP) is 0.908. The van der Waals surface area contributed by atoms with Gasteiger partial charge < -0.3 is 21.4 Å². The van der Waals surface area contributed by atoms with Crippen LogP contribution in [0, 0.1) is 11.8 Å². The van der Waals surface area contributed by atoms with E-state index in [1.54, 1.807) is 0 Å². The van der Waals surface area contributed by atoms with Gasteiger partial charge in [-0.05, 0) is 12.3 Å². The summed E-state index contributed by atoms with van der Waals surface area (Å²) in [5, 5.41) is 22.3. The van der Waals surface area contributed by atoms with Crippen LogP contribution in [0.4, 0.5) is 13.2 Å². The third-order valence-electron chi connectivity index (χ3n) is 2.70. The quantitative estimate of drug-likeness (QED) is 0.240. The summed E-state index contributed by atoms with van der Waals surface area (Å²) >= 11 is 0. The van der Waals surface area contributed by atoms with E-state index < -0.39 is 24.5 Å². The number of rotatable bonds is 7. The highest BCUT2D eigenvalue weighted by molar-refractivity contribution is 5.83. The molecule has 0 saturated carbocycles. The maximum absolute atomic E-state index is 12.6. The lowest BCUT2D eigenvalue weighted by atomic mass is 10.00. The van der Waals surface area contributed by atoms with Crippen molar-refractivity contribution in [2.45, 2.75) is 32.5 Å². The van der Waals surface area contributed by atoms with Crippen LogP contribution in [-0.4, -0.2) is 41.5 Å². The molecule has 8 heteroatoms. The third kappa shape index (κ3) is 5.54. The monoisotopic (exact) mass is 271 g/mol. The van der Waals surface area contributed by atoms with Gasteiger partial charge in [0.2, 0.25) is 0 Å². The molecule has 0 aliphatic rings. The van der Waals surface area contributed by atoms with Crippen LogP contribution in [-0.2, 0) is 0 Å². The van der Waals surface area contributed by atoms with Crippen LogP contribution in [0.5, 0.6) is 0 Å². The van der Waals surface area contributed by atoms with Crippen molar-refractivity contribution < 1.29 is 23.5 Å². The average Bonchev–Trinajstić information content (AvgIpc) is 2.25. The topological polar surface area (TPSA) is 90.9 Å². The molecule has 0 aromatic heterocycles. The first kappa shape index (κ1) is 17.0. The summed E-state index contributed by atoms with van der Waals surface area (Å²) in [6.45, 7) is 3.07. The van der Waals surface area contributed by atoms with E-state index >= 15 is 0 Å². The molecular weight excluding hydrogens is 251 g/mol. The van der Waals surface area contributed by atoms with E-state index in [1.807, 2.05) is 13.8 Å². The summed E-state index contributed by atoms with van der Waals surface area (Å²) in [6, 6.07) is -0.258. The van der Waals surface area contributed by atoms with Crippen molar-refractivity contribution >= 4 is 5.84 Å². The first-order valence-corrected chi connectivity index (χ1v) is 5.62. The van der Waals surface area contributed by atoms with Gasteiger partial charge in [-0.2, -0.15) is 13.2 Å². The Bertz CT molecular complexity index is 270. The minimum atomic E-state index is -4.58. The van der Waals surface area contributed by atoms with Gasteiger partial charge >= 0.3 is 6.18 Å². The lowest BCUT2D eigenvalue weighted by Gasteiger charge is -2.25. The molecule has 0 spiro atoms. The number of nitrogens with two attached hydrogens (primary N) is 1.